The van der Waals surface area contributed by atoms with Crippen LogP contribution in [0.25, 0.3) is 0 Å². The summed E-state index contributed by atoms with van der Waals surface area (Å²) in [6.07, 6.45) is 0. The van der Waals surface area contributed by atoms with Crippen LogP contribution in [0.1, 0.15) is 32.6 Å². The van der Waals surface area contributed by atoms with Crippen molar-refractivity contribution in [1.82, 2.24) is 10.2 Å². The summed E-state index contributed by atoms with van der Waals surface area (Å²) in [6.45, 7) is 7.87. The second kappa shape index (κ2) is 7.28. The van der Waals surface area contributed by atoms with Gasteiger partial charge in [-0.3, -0.25) is 0 Å². The average molecular weight is 298 g/mol. The van der Waals surface area contributed by atoms with Crippen LogP contribution in [0.2, 0.25) is 0 Å². The molecule has 0 aliphatic rings. The standard InChI is InChI=1S/C14H22N2O3S/c1-9(2)12(13(17)18)15-14(19)16(10(3)4)8-11-6-5-7-20-11/h5-7,9-10,12H,8H2,1-4H3,(H,15,19)(H,17,18). The molecule has 0 aliphatic heterocycles. The Labute approximate surface area is 123 Å². The minimum atomic E-state index is -1.01. The molecule has 0 spiro atoms. The topological polar surface area (TPSA) is 69.6 Å². The number of rotatable bonds is 6. The van der Waals surface area contributed by atoms with E-state index in [4.69, 9.17) is 5.11 Å². The molecule has 0 aromatic carbocycles. The van der Waals surface area contributed by atoms with Crippen LogP contribution in [0.15, 0.2) is 17.5 Å². The van der Waals surface area contributed by atoms with Crippen LogP contribution >= 0.6 is 11.3 Å². The van der Waals surface area contributed by atoms with Gasteiger partial charge in [0, 0.05) is 10.9 Å². The third kappa shape index (κ3) is 4.52. The second-order valence-electron chi connectivity index (χ2n) is 5.31. The molecule has 1 unspecified atom stereocenters. The molecule has 112 valence electrons. The van der Waals surface area contributed by atoms with Gasteiger partial charge in [0.2, 0.25) is 0 Å². The van der Waals surface area contributed by atoms with E-state index in [9.17, 15) is 9.59 Å². The molecular weight excluding hydrogens is 276 g/mol. The molecule has 1 rings (SSSR count). The number of carbonyl (C=O) groups excluding carboxylic acids is 1. The summed E-state index contributed by atoms with van der Waals surface area (Å²) in [5.74, 6) is -1.17. The van der Waals surface area contributed by atoms with Crippen LogP contribution in [-0.2, 0) is 11.3 Å². The van der Waals surface area contributed by atoms with Gasteiger partial charge in [0.15, 0.2) is 0 Å². The molecule has 1 aromatic rings. The lowest BCUT2D eigenvalue weighted by molar-refractivity contribution is -0.140. The minimum Gasteiger partial charge on any atom is -0.480 e. The number of thiophene rings is 1. The zero-order valence-electron chi connectivity index (χ0n) is 12.3. The van der Waals surface area contributed by atoms with Gasteiger partial charge in [0.1, 0.15) is 6.04 Å². The third-order valence-corrected chi connectivity index (χ3v) is 3.86. The van der Waals surface area contributed by atoms with Crippen molar-refractivity contribution in [3.8, 4) is 0 Å². The molecule has 2 amide bonds. The molecule has 0 bridgehead atoms. The summed E-state index contributed by atoms with van der Waals surface area (Å²) in [7, 11) is 0. The molecule has 0 saturated carbocycles. The predicted molar refractivity (Wildman–Crippen MR) is 79.8 cm³/mol. The van der Waals surface area contributed by atoms with Gasteiger partial charge in [-0.05, 0) is 31.2 Å². The molecule has 0 saturated heterocycles. The van der Waals surface area contributed by atoms with Crippen molar-refractivity contribution < 1.29 is 14.7 Å². The van der Waals surface area contributed by atoms with Crippen molar-refractivity contribution in [2.75, 3.05) is 0 Å². The first-order chi connectivity index (χ1) is 9.32. The van der Waals surface area contributed by atoms with Gasteiger partial charge in [-0.15, -0.1) is 11.3 Å². The molecule has 1 atom stereocenters. The van der Waals surface area contributed by atoms with Crippen molar-refractivity contribution in [1.29, 1.82) is 0 Å². The van der Waals surface area contributed by atoms with Gasteiger partial charge in [0.05, 0.1) is 6.54 Å². The smallest absolute Gasteiger partial charge is 0.326 e. The highest BCUT2D eigenvalue weighted by Crippen LogP contribution is 2.14. The van der Waals surface area contributed by atoms with Crippen molar-refractivity contribution >= 4 is 23.3 Å². The Balaban J connectivity index is 2.76. The van der Waals surface area contributed by atoms with E-state index in [1.54, 1.807) is 30.1 Å². The normalized spacial score (nSPS) is 12.5. The van der Waals surface area contributed by atoms with Gasteiger partial charge >= 0.3 is 12.0 Å². The predicted octanol–water partition coefficient (Wildman–Crippen LogP) is 2.78. The number of nitrogens with zero attached hydrogens (tertiary/aromatic N) is 1. The van der Waals surface area contributed by atoms with E-state index in [0.717, 1.165) is 4.88 Å². The molecular formula is C14H22N2O3S. The molecule has 0 fully saturated rings. The van der Waals surface area contributed by atoms with E-state index in [0.29, 0.717) is 6.54 Å². The van der Waals surface area contributed by atoms with E-state index in [1.165, 1.54) is 0 Å². The van der Waals surface area contributed by atoms with Gasteiger partial charge in [-0.1, -0.05) is 19.9 Å². The molecule has 5 nitrogen and oxygen atoms in total. The maximum absolute atomic E-state index is 12.3. The lowest BCUT2D eigenvalue weighted by Gasteiger charge is -2.29. The number of urea groups is 1. The lowest BCUT2D eigenvalue weighted by Crippen LogP contribution is -2.51. The van der Waals surface area contributed by atoms with E-state index in [-0.39, 0.29) is 18.0 Å². The zero-order chi connectivity index (χ0) is 15.3. The third-order valence-electron chi connectivity index (χ3n) is 3.00. The zero-order valence-corrected chi connectivity index (χ0v) is 13.1. The van der Waals surface area contributed by atoms with Crippen LogP contribution < -0.4 is 5.32 Å². The first-order valence-corrected chi connectivity index (χ1v) is 7.53. The highest BCUT2D eigenvalue weighted by Gasteiger charge is 2.27. The molecule has 1 aromatic heterocycles. The number of hydrogen-bond donors (Lipinski definition) is 2. The highest BCUT2D eigenvalue weighted by molar-refractivity contribution is 7.09. The summed E-state index contributed by atoms with van der Waals surface area (Å²) in [5, 5.41) is 13.7. The lowest BCUT2D eigenvalue weighted by atomic mass is 10.1. The van der Waals surface area contributed by atoms with Gasteiger partial charge in [0.25, 0.3) is 0 Å². The van der Waals surface area contributed by atoms with Crippen LogP contribution in [0, 0.1) is 5.92 Å². The van der Waals surface area contributed by atoms with Gasteiger partial charge < -0.3 is 15.3 Å². The van der Waals surface area contributed by atoms with Gasteiger partial charge in [-0.2, -0.15) is 0 Å². The minimum absolute atomic E-state index is 0.00120. The van der Waals surface area contributed by atoms with Crippen LogP contribution in [0.4, 0.5) is 4.79 Å². The van der Waals surface area contributed by atoms with Gasteiger partial charge in [-0.25, -0.2) is 9.59 Å². The van der Waals surface area contributed by atoms with Crippen LogP contribution in [0.3, 0.4) is 0 Å². The first kappa shape index (κ1) is 16.5. The van der Waals surface area contributed by atoms with Crippen molar-refractivity contribution in [2.45, 2.75) is 46.3 Å². The summed E-state index contributed by atoms with van der Waals surface area (Å²) < 4.78 is 0. The number of hydrogen-bond acceptors (Lipinski definition) is 3. The van der Waals surface area contributed by atoms with E-state index >= 15 is 0 Å². The Morgan fingerprint density at radius 1 is 1.35 bits per heavy atom. The van der Waals surface area contributed by atoms with Crippen LogP contribution in [0.5, 0.6) is 0 Å². The quantitative estimate of drug-likeness (QED) is 0.848. The Hall–Kier alpha value is -1.56. The van der Waals surface area contributed by atoms with E-state index in [2.05, 4.69) is 5.32 Å². The number of amides is 2. The van der Waals surface area contributed by atoms with Crippen molar-refractivity contribution in [3.63, 3.8) is 0 Å². The molecule has 0 radical (unpaired) electrons. The Bertz CT molecular complexity index is 443. The maximum atomic E-state index is 12.3. The number of aliphatic carboxylic acids is 1. The summed E-state index contributed by atoms with van der Waals surface area (Å²) in [5.41, 5.74) is 0. The number of carboxylic acid groups (broad SMARTS) is 1. The van der Waals surface area contributed by atoms with E-state index in [1.807, 2.05) is 31.4 Å². The Kier molecular flexibility index (Phi) is 6.01. The molecule has 1 heterocycles. The molecule has 0 aliphatic carbocycles. The fourth-order valence-electron chi connectivity index (χ4n) is 1.79. The highest BCUT2D eigenvalue weighted by atomic mass is 32.1. The second-order valence-corrected chi connectivity index (χ2v) is 6.34. The Morgan fingerprint density at radius 2 is 2.00 bits per heavy atom. The maximum Gasteiger partial charge on any atom is 0.326 e. The summed E-state index contributed by atoms with van der Waals surface area (Å²) in [4.78, 5) is 26.2. The largest absolute Gasteiger partial charge is 0.480 e. The number of nitrogens with one attached hydrogen (secondary N) is 1. The first-order valence-electron chi connectivity index (χ1n) is 6.65. The average Bonchev–Trinajstić information content (AvgIpc) is 2.84. The SMILES string of the molecule is CC(C)C(NC(=O)N(Cc1cccs1)C(C)C)C(=O)O. The molecule has 6 heteroatoms. The Morgan fingerprint density at radius 3 is 2.40 bits per heavy atom. The summed E-state index contributed by atoms with van der Waals surface area (Å²) in [6, 6.07) is 2.69. The molecule has 20 heavy (non-hydrogen) atoms. The number of carbonyl (C=O) groups is 2. The fourth-order valence-corrected chi connectivity index (χ4v) is 2.49. The number of carboxylic acids is 1. The monoisotopic (exact) mass is 298 g/mol. The van der Waals surface area contributed by atoms with Crippen molar-refractivity contribution in [3.05, 3.63) is 22.4 Å². The van der Waals surface area contributed by atoms with Crippen LogP contribution in [-0.4, -0.2) is 34.1 Å². The van der Waals surface area contributed by atoms with E-state index < -0.39 is 12.0 Å². The summed E-state index contributed by atoms with van der Waals surface area (Å²) >= 11 is 1.58. The fraction of sp³-hybridized carbons (Fsp3) is 0.571. The van der Waals surface area contributed by atoms with Crippen molar-refractivity contribution in [2.24, 2.45) is 5.92 Å². The molecule has 2 N–H and O–H groups in total.